The number of carbonyl (C=O) groups excluding carboxylic acids is 2. The molecule has 0 aliphatic heterocycles. The Hall–Kier alpha value is -2.62. The third-order valence-corrected chi connectivity index (χ3v) is 5.61. The molecule has 0 atom stereocenters. The van der Waals surface area contributed by atoms with E-state index in [1.54, 1.807) is 38.1 Å². The first-order chi connectivity index (χ1) is 13.6. The average molecular weight is 440 g/mol. The van der Waals surface area contributed by atoms with E-state index in [2.05, 4.69) is 10.0 Å². The molecule has 0 aliphatic carbocycles. The van der Waals surface area contributed by atoms with Crippen LogP contribution in [0.3, 0.4) is 0 Å². The molecule has 156 valence electrons. The highest BCUT2D eigenvalue weighted by Crippen LogP contribution is 2.27. The second-order valence-electron chi connectivity index (χ2n) is 6.43. The van der Waals surface area contributed by atoms with Gasteiger partial charge in [0, 0.05) is 6.04 Å². The maximum Gasteiger partial charge on any atom is 0.257 e. The van der Waals surface area contributed by atoms with Crippen molar-refractivity contribution < 1.29 is 22.7 Å². The molecule has 0 saturated carbocycles. The summed E-state index contributed by atoms with van der Waals surface area (Å²) in [7, 11) is -3.79. The number of carbonyl (C=O) groups is 2. The fraction of sp³-hybridized carbons (Fsp3) is 0.263. The molecule has 4 N–H and O–H groups in total. The summed E-state index contributed by atoms with van der Waals surface area (Å²) in [5, 5.41) is 2.74. The monoisotopic (exact) mass is 439 g/mol. The number of primary amides is 1. The van der Waals surface area contributed by atoms with Crippen molar-refractivity contribution in [3.63, 3.8) is 0 Å². The van der Waals surface area contributed by atoms with Gasteiger partial charge in [0.25, 0.3) is 5.91 Å². The highest BCUT2D eigenvalue weighted by atomic mass is 35.5. The van der Waals surface area contributed by atoms with Crippen molar-refractivity contribution in [2.24, 2.45) is 5.73 Å². The third-order valence-electron chi connectivity index (χ3n) is 3.62. The number of hydrogen-bond donors (Lipinski definition) is 3. The van der Waals surface area contributed by atoms with Gasteiger partial charge in [-0.15, -0.1) is 0 Å². The zero-order valence-corrected chi connectivity index (χ0v) is 17.5. The number of sulfonamides is 1. The SMILES string of the molecule is CC(C)NS(=O)(=O)c1ccc(Cl)c(C(=O)Nc2ccccc2OCCC(N)=O)c1. The largest absolute Gasteiger partial charge is 0.491 e. The van der Waals surface area contributed by atoms with Crippen LogP contribution < -0.4 is 20.5 Å². The topological polar surface area (TPSA) is 128 Å². The van der Waals surface area contributed by atoms with Crippen LogP contribution in [0, 0.1) is 0 Å². The molecule has 0 aliphatic rings. The standard InChI is InChI=1S/C19H22ClN3O5S/c1-12(2)23-29(26,27)13-7-8-15(20)14(11-13)19(25)22-16-5-3-4-6-17(16)28-10-9-18(21)24/h3-8,11-12,23H,9-10H2,1-2H3,(H2,21,24)(H,22,25). The molecule has 0 unspecified atom stereocenters. The highest BCUT2D eigenvalue weighted by molar-refractivity contribution is 7.89. The Morgan fingerprint density at radius 3 is 2.52 bits per heavy atom. The molecule has 0 spiro atoms. The summed E-state index contributed by atoms with van der Waals surface area (Å²) < 4.78 is 32.7. The molecule has 10 heteroatoms. The number of benzene rings is 2. The maximum atomic E-state index is 12.7. The van der Waals surface area contributed by atoms with Gasteiger partial charge in [-0.05, 0) is 44.2 Å². The molecule has 2 aromatic carbocycles. The van der Waals surface area contributed by atoms with Crippen LogP contribution in [0.5, 0.6) is 5.75 Å². The quantitative estimate of drug-likeness (QED) is 0.553. The summed E-state index contributed by atoms with van der Waals surface area (Å²) in [6.45, 7) is 3.43. The Morgan fingerprint density at radius 2 is 1.86 bits per heavy atom. The Balaban J connectivity index is 2.26. The van der Waals surface area contributed by atoms with Crippen molar-refractivity contribution >= 4 is 39.1 Å². The fourth-order valence-corrected chi connectivity index (χ4v) is 3.85. The Labute approximate surface area is 174 Å². The summed E-state index contributed by atoms with van der Waals surface area (Å²) in [5.74, 6) is -0.780. The Kier molecular flexibility index (Phi) is 7.60. The van der Waals surface area contributed by atoms with Gasteiger partial charge in [-0.3, -0.25) is 9.59 Å². The van der Waals surface area contributed by atoms with Crippen LogP contribution in [0.2, 0.25) is 5.02 Å². The van der Waals surface area contributed by atoms with E-state index in [9.17, 15) is 18.0 Å². The van der Waals surface area contributed by atoms with Gasteiger partial charge in [-0.2, -0.15) is 0 Å². The molecule has 0 bridgehead atoms. The number of para-hydroxylation sites is 2. The van der Waals surface area contributed by atoms with Gasteiger partial charge in [0.05, 0.1) is 34.2 Å². The lowest BCUT2D eigenvalue weighted by Crippen LogP contribution is -2.30. The maximum absolute atomic E-state index is 12.7. The van der Waals surface area contributed by atoms with Crippen molar-refractivity contribution in [2.45, 2.75) is 31.2 Å². The lowest BCUT2D eigenvalue weighted by Gasteiger charge is -2.14. The zero-order chi connectivity index (χ0) is 21.6. The molecule has 0 aromatic heterocycles. The smallest absolute Gasteiger partial charge is 0.257 e. The molecule has 2 aromatic rings. The van der Waals surface area contributed by atoms with E-state index >= 15 is 0 Å². The predicted octanol–water partition coefficient (Wildman–Crippen LogP) is 2.53. The molecule has 0 heterocycles. The Morgan fingerprint density at radius 1 is 1.17 bits per heavy atom. The van der Waals surface area contributed by atoms with Gasteiger partial charge in [0.2, 0.25) is 15.9 Å². The molecule has 0 radical (unpaired) electrons. The van der Waals surface area contributed by atoms with Gasteiger partial charge in [0.1, 0.15) is 5.75 Å². The number of ether oxygens (including phenoxy) is 1. The minimum absolute atomic E-state index is 0.00904. The molecule has 0 saturated heterocycles. The number of nitrogens with two attached hydrogens (primary N) is 1. The molecule has 2 rings (SSSR count). The summed E-state index contributed by atoms with van der Waals surface area (Å²) in [6, 6.07) is 10.2. The van der Waals surface area contributed by atoms with Gasteiger partial charge in [0.15, 0.2) is 0 Å². The van der Waals surface area contributed by atoms with Crippen LogP contribution in [-0.2, 0) is 14.8 Å². The van der Waals surface area contributed by atoms with E-state index in [1.165, 1.54) is 18.2 Å². The number of rotatable bonds is 9. The van der Waals surface area contributed by atoms with E-state index in [0.717, 1.165) is 0 Å². The zero-order valence-electron chi connectivity index (χ0n) is 15.9. The molecular formula is C19H22ClN3O5S. The summed E-state index contributed by atoms with van der Waals surface area (Å²) >= 11 is 6.11. The third kappa shape index (κ3) is 6.45. The number of nitrogens with one attached hydrogen (secondary N) is 2. The van der Waals surface area contributed by atoms with E-state index in [-0.39, 0.29) is 34.6 Å². The second kappa shape index (κ2) is 9.73. The Bertz CT molecular complexity index is 1010. The number of amides is 2. The van der Waals surface area contributed by atoms with Gasteiger partial charge < -0.3 is 15.8 Å². The first-order valence-corrected chi connectivity index (χ1v) is 10.6. The molecule has 2 amide bonds. The summed E-state index contributed by atoms with van der Waals surface area (Å²) in [4.78, 5) is 23.5. The van der Waals surface area contributed by atoms with Gasteiger partial charge >= 0.3 is 0 Å². The van der Waals surface area contributed by atoms with Crippen molar-refractivity contribution in [3.8, 4) is 5.75 Å². The van der Waals surface area contributed by atoms with Gasteiger partial charge in [-0.25, -0.2) is 13.1 Å². The minimum atomic E-state index is -3.79. The lowest BCUT2D eigenvalue weighted by atomic mass is 10.2. The van der Waals surface area contributed by atoms with Crippen LogP contribution in [0.1, 0.15) is 30.6 Å². The predicted molar refractivity (Wildman–Crippen MR) is 111 cm³/mol. The van der Waals surface area contributed by atoms with Crippen molar-refractivity contribution in [3.05, 3.63) is 53.1 Å². The first-order valence-electron chi connectivity index (χ1n) is 8.73. The van der Waals surface area contributed by atoms with Crippen molar-refractivity contribution in [1.29, 1.82) is 0 Å². The molecular weight excluding hydrogens is 418 g/mol. The summed E-state index contributed by atoms with van der Waals surface area (Å²) in [5.41, 5.74) is 5.42. The van der Waals surface area contributed by atoms with E-state index in [4.69, 9.17) is 22.1 Å². The fourth-order valence-electron chi connectivity index (χ4n) is 2.37. The van der Waals surface area contributed by atoms with E-state index in [1.807, 2.05) is 0 Å². The van der Waals surface area contributed by atoms with Crippen LogP contribution in [-0.4, -0.2) is 32.9 Å². The molecule has 8 nitrogen and oxygen atoms in total. The van der Waals surface area contributed by atoms with Crippen molar-refractivity contribution in [1.82, 2.24) is 4.72 Å². The highest BCUT2D eigenvalue weighted by Gasteiger charge is 2.20. The molecule has 0 fully saturated rings. The number of hydrogen-bond acceptors (Lipinski definition) is 5. The normalized spacial score (nSPS) is 11.3. The first kappa shape index (κ1) is 22.7. The van der Waals surface area contributed by atoms with Crippen LogP contribution in [0.4, 0.5) is 5.69 Å². The van der Waals surface area contributed by atoms with Gasteiger partial charge in [-0.1, -0.05) is 23.7 Å². The number of anilines is 1. The van der Waals surface area contributed by atoms with Crippen LogP contribution >= 0.6 is 11.6 Å². The lowest BCUT2D eigenvalue weighted by molar-refractivity contribution is -0.118. The minimum Gasteiger partial charge on any atom is -0.491 e. The van der Waals surface area contributed by atoms with E-state index in [0.29, 0.717) is 11.4 Å². The molecule has 29 heavy (non-hydrogen) atoms. The second-order valence-corrected chi connectivity index (χ2v) is 8.55. The van der Waals surface area contributed by atoms with Crippen LogP contribution in [0.25, 0.3) is 0 Å². The average Bonchev–Trinajstić information content (AvgIpc) is 2.62. The van der Waals surface area contributed by atoms with Crippen molar-refractivity contribution in [2.75, 3.05) is 11.9 Å². The van der Waals surface area contributed by atoms with E-state index < -0.39 is 21.8 Å². The van der Waals surface area contributed by atoms with Crippen LogP contribution in [0.15, 0.2) is 47.4 Å². The number of halogens is 1. The summed E-state index contributed by atoms with van der Waals surface area (Å²) in [6.07, 6.45) is 0.0247.